The van der Waals surface area contributed by atoms with E-state index in [1.807, 2.05) is 25.7 Å². The van der Waals surface area contributed by atoms with Gasteiger partial charge >= 0.3 is 6.09 Å². The number of ether oxygens (including phenoxy) is 1. The molecule has 116 valence electrons. The van der Waals surface area contributed by atoms with Gasteiger partial charge in [-0.1, -0.05) is 0 Å². The molecule has 1 fully saturated rings. The summed E-state index contributed by atoms with van der Waals surface area (Å²) < 4.78 is 5.49. The fraction of sp³-hybridized carbons (Fsp3) is 0.600. The third-order valence-electron chi connectivity index (χ3n) is 3.60. The Morgan fingerprint density at radius 2 is 2.10 bits per heavy atom. The number of anilines is 1. The van der Waals surface area contributed by atoms with Crippen LogP contribution >= 0.6 is 0 Å². The van der Waals surface area contributed by atoms with Crippen molar-refractivity contribution in [3.63, 3.8) is 0 Å². The average Bonchev–Trinajstić information content (AvgIpc) is 2.41. The number of pyridine rings is 1. The molecule has 2 heterocycles. The number of amides is 1. The topological polar surface area (TPSA) is 80.5 Å². The van der Waals surface area contributed by atoms with E-state index in [4.69, 9.17) is 10.5 Å². The summed E-state index contributed by atoms with van der Waals surface area (Å²) in [6.07, 6.45) is 4.54. The van der Waals surface area contributed by atoms with Crippen molar-refractivity contribution in [3.05, 3.63) is 18.5 Å². The SMILES string of the molecule is CC(C)(C)N(C(=O)Oc1ccncc1N)C1CCNCC1. The van der Waals surface area contributed by atoms with E-state index in [1.54, 1.807) is 12.3 Å². The molecule has 1 aliphatic rings. The normalized spacial score (nSPS) is 16.5. The molecule has 0 saturated carbocycles. The molecule has 0 spiro atoms. The van der Waals surface area contributed by atoms with E-state index in [1.165, 1.54) is 6.20 Å². The van der Waals surface area contributed by atoms with Crippen LogP contribution < -0.4 is 15.8 Å². The molecular formula is C15H24N4O2. The maximum atomic E-state index is 12.6. The highest BCUT2D eigenvalue weighted by Crippen LogP contribution is 2.26. The smallest absolute Gasteiger partial charge is 0.408 e. The number of nitrogens with zero attached hydrogens (tertiary/aromatic N) is 2. The van der Waals surface area contributed by atoms with Crippen molar-refractivity contribution < 1.29 is 9.53 Å². The minimum atomic E-state index is -0.354. The van der Waals surface area contributed by atoms with Crippen LogP contribution in [-0.4, -0.2) is 40.6 Å². The highest BCUT2D eigenvalue weighted by Gasteiger charge is 2.35. The minimum absolute atomic E-state index is 0.182. The van der Waals surface area contributed by atoms with Crippen LogP contribution in [0, 0.1) is 0 Å². The molecule has 0 unspecified atom stereocenters. The van der Waals surface area contributed by atoms with E-state index in [2.05, 4.69) is 10.3 Å². The molecule has 1 saturated heterocycles. The summed E-state index contributed by atoms with van der Waals surface area (Å²) in [5, 5.41) is 3.31. The van der Waals surface area contributed by atoms with Crippen LogP contribution in [0.15, 0.2) is 18.5 Å². The van der Waals surface area contributed by atoms with Crippen molar-refractivity contribution in [2.75, 3.05) is 18.8 Å². The van der Waals surface area contributed by atoms with Crippen LogP contribution in [0.2, 0.25) is 0 Å². The molecule has 6 nitrogen and oxygen atoms in total. The van der Waals surface area contributed by atoms with Crippen molar-refractivity contribution in [2.24, 2.45) is 0 Å². The number of carbonyl (C=O) groups is 1. The number of rotatable bonds is 2. The first kappa shape index (κ1) is 15.6. The summed E-state index contributed by atoms with van der Waals surface area (Å²) >= 11 is 0. The number of hydrogen-bond donors (Lipinski definition) is 2. The molecule has 1 aromatic rings. The molecular weight excluding hydrogens is 268 g/mol. The molecule has 1 aromatic heterocycles. The number of hydrogen-bond acceptors (Lipinski definition) is 5. The van der Waals surface area contributed by atoms with Gasteiger partial charge in [-0.3, -0.25) is 9.88 Å². The van der Waals surface area contributed by atoms with E-state index in [0.717, 1.165) is 25.9 Å². The van der Waals surface area contributed by atoms with E-state index in [-0.39, 0.29) is 17.7 Å². The molecule has 6 heteroatoms. The van der Waals surface area contributed by atoms with Crippen LogP contribution in [0.5, 0.6) is 5.75 Å². The standard InChI is InChI=1S/C15H24N4O2/c1-15(2,3)19(11-4-7-17-8-5-11)14(20)21-13-6-9-18-10-12(13)16/h6,9-11,17H,4-5,7-8,16H2,1-3H3. The molecule has 1 amide bonds. The highest BCUT2D eigenvalue weighted by atomic mass is 16.6. The summed E-state index contributed by atoms with van der Waals surface area (Å²) in [5.74, 6) is 0.359. The second kappa shape index (κ2) is 6.30. The highest BCUT2D eigenvalue weighted by molar-refractivity contribution is 5.74. The zero-order valence-corrected chi connectivity index (χ0v) is 12.9. The molecule has 0 bridgehead atoms. The molecule has 0 aromatic carbocycles. The fourth-order valence-corrected chi connectivity index (χ4v) is 2.67. The van der Waals surface area contributed by atoms with Gasteiger partial charge in [-0.25, -0.2) is 4.79 Å². The van der Waals surface area contributed by atoms with Gasteiger partial charge in [0.25, 0.3) is 0 Å². The van der Waals surface area contributed by atoms with Gasteiger partial charge < -0.3 is 15.8 Å². The summed E-state index contributed by atoms with van der Waals surface area (Å²) in [6.45, 7) is 7.90. The Morgan fingerprint density at radius 1 is 1.43 bits per heavy atom. The van der Waals surface area contributed by atoms with Gasteiger partial charge in [0.2, 0.25) is 0 Å². The Morgan fingerprint density at radius 3 is 2.67 bits per heavy atom. The van der Waals surface area contributed by atoms with Gasteiger partial charge in [-0.2, -0.15) is 0 Å². The van der Waals surface area contributed by atoms with Crippen LogP contribution in [0.1, 0.15) is 33.6 Å². The van der Waals surface area contributed by atoms with E-state index in [0.29, 0.717) is 11.4 Å². The Bertz CT molecular complexity index is 493. The summed E-state index contributed by atoms with van der Waals surface area (Å²) in [4.78, 5) is 18.3. The maximum Gasteiger partial charge on any atom is 0.415 e. The number of nitrogens with two attached hydrogens (primary N) is 1. The summed E-state index contributed by atoms with van der Waals surface area (Å²) in [6, 6.07) is 1.79. The third kappa shape index (κ3) is 3.85. The second-order valence-electron chi connectivity index (χ2n) is 6.30. The first-order valence-electron chi connectivity index (χ1n) is 7.31. The van der Waals surface area contributed by atoms with Gasteiger partial charge in [0.15, 0.2) is 5.75 Å². The van der Waals surface area contributed by atoms with E-state index in [9.17, 15) is 4.79 Å². The lowest BCUT2D eigenvalue weighted by Crippen LogP contribution is -2.55. The number of nitrogens with one attached hydrogen (secondary N) is 1. The lowest BCUT2D eigenvalue weighted by molar-refractivity contribution is 0.0646. The van der Waals surface area contributed by atoms with Crippen molar-refractivity contribution in [2.45, 2.75) is 45.2 Å². The Labute approximate surface area is 125 Å². The Hall–Kier alpha value is -1.82. The second-order valence-corrected chi connectivity index (χ2v) is 6.30. The van der Waals surface area contributed by atoms with Crippen molar-refractivity contribution in [3.8, 4) is 5.75 Å². The van der Waals surface area contributed by atoms with Crippen LogP contribution in [0.4, 0.5) is 10.5 Å². The van der Waals surface area contributed by atoms with E-state index >= 15 is 0 Å². The molecule has 0 atom stereocenters. The monoisotopic (exact) mass is 292 g/mol. The molecule has 0 aliphatic carbocycles. The summed E-state index contributed by atoms with van der Waals surface area (Å²) in [7, 11) is 0. The lowest BCUT2D eigenvalue weighted by atomic mass is 9.98. The number of aromatic nitrogens is 1. The van der Waals surface area contributed by atoms with Gasteiger partial charge in [0.05, 0.1) is 11.9 Å². The fourth-order valence-electron chi connectivity index (χ4n) is 2.67. The average molecular weight is 292 g/mol. The quantitative estimate of drug-likeness (QED) is 0.871. The molecule has 0 radical (unpaired) electrons. The Kier molecular flexibility index (Phi) is 4.67. The zero-order chi connectivity index (χ0) is 15.5. The van der Waals surface area contributed by atoms with Gasteiger partial charge in [0, 0.05) is 23.8 Å². The Balaban J connectivity index is 2.16. The van der Waals surface area contributed by atoms with Gasteiger partial charge in [-0.15, -0.1) is 0 Å². The zero-order valence-electron chi connectivity index (χ0n) is 12.9. The largest absolute Gasteiger partial charge is 0.415 e. The predicted molar refractivity (Wildman–Crippen MR) is 82.2 cm³/mol. The van der Waals surface area contributed by atoms with Crippen LogP contribution in [-0.2, 0) is 0 Å². The van der Waals surface area contributed by atoms with Crippen LogP contribution in [0.3, 0.4) is 0 Å². The molecule has 2 rings (SSSR count). The van der Waals surface area contributed by atoms with Gasteiger partial charge in [-0.05, 0) is 46.7 Å². The number of piperidine rings is 1. The van der Waals surface area contributed by atoms with Crippen LogP contribution in [0.25, 0.3) is 0 Å². The van der Waals surface area contributed by atoms with Crippen molar-refractivity contribution >= 4 is 11.8 Å². The molecule has 21 heavy (non-hydrogen) atoms. The molecule has 1 aliphatic heterocycles. The summed E-state index contributed by atoms with van der Waals surface area (Å²) in [5.41, 5.74) is 5.85. The maximum absolute atomic E-state index is 12.6. The first-order chi connectivity index (χ1) is 9.89. The van der Waals surface area contributed by atoms with E-state index < -0.39 is 0 Å². The predicted octanol–water partition coefficient (Wildman–Crippen LogP) is 2.02. The van der Waals surface area contributed by atoms with Gasteiger partial charge in [0.1, 0.15) is 0 Å². The number of carbonyl (C=O) groups excluding carboxylic acids is 1. The van der Waals surface area contributed by atoms with Crippen molar-refractivity contribution in [1.29, 1.82) is 0 Å². The minimum Gasteiger partial charge on any atom is -0.408 e. The molecule has 3 N–H and O–H groups in total. The first-order valence-corrected chi connectivity index (χ1v) is 7.31. The number of nitrogen functional groups attached to an aromatic ring is 1. The van der Waals surface area contributed by atoms with Crippen molar-refractivity contribution in [1.82, 2.24) is 15.2 Å². The third-order valence-corrected chi connectivity index (χ3v) is 3.60. The lowest BCUT2D eigenvalue weighted by Gasteiger charge is -2.42.